The number of Topliss-reactive ketones (excluding diaryl/α,β-unsaturated/α-hetero) is 1. The Balaban J connectivity index is 1.94. The maximum atomic E-state index is 13.3. The van der Waals surface area contributed by atoms with Crippen LogP contribution in [0.4, 0.5) is 0 Å². The Labute approximate surface area is 150 Å². The van der Waals surface area contributed by atoms with Crippen LogP contribution in [0, 0.1) is 16.7 Å². The summed E-state index contributed by atoms with van der Waals surface area (Å²) in [7, 11) is 0. The lowest BCUT2D eigenvalue weighted by molar-refractivity contribution is -0.118. The Morgan fingerprint density at radius 3 is 2.40 bits per heavy atom. The highest BCUT2D eigenvalue weighted by Crippen LogP contribution is 2.59. The Hall–Kier alpha value is -1.77. The molecule has 2 atom stereocenters. The molecule has 136 valence electrons. The summed E-state index contributed by atoms with van der Waals surface area (Å²) in [5.74, 6) is 0.682. The van der Waals surface area contributed by atoms with Crippen molar-refractivity contribution in [1.82, 2.24) is 0 Å². The Morgan fingerprint density at radius 1 is 1.12 bits per heavy atom. The molecule has 1 fully saturated rings. The van der Waals surface area contributed by atoms with Crippen molar-refractivity contribution < 1.29 is 15.0 Å². The van der Waals surface area contributed by atoms with Gasteiger partial charge in [0, 0.05) is 18.1 Å². The van der Waals surface area contributed by atoms with Crippen molar-refractivity contribution in [3.05, 3.63) is 34.9 Å². The van der Waals surface area contributed by atoms with Gasteiger partial charge in [-0.1, -0.05) is 32.8 Å². The molecule has 2 N–H and O–H groups in total. The van der Waals surface area contributed by atoms with Crippen LogP contribution in [-0.4, -0.2) is 16.0 Å². The van der Waals surface area contributed by atoms with E-state index in [2.05, 4.69) is 27.7 Å². The molecule has 0 amide bonds. The van der Waals surface area contributed by atoms with Gasteiger partial charge in [-0.25, -0.2) is 0 Å². The quantitative estimate of drug-likeness (QED) is 0.798. The first-order chi connectivity index (χ1) is 11.6. The second-order valence-corrected chi connectivity index (χ2v) is 8.96. The first-order valence-corrected chi connectivity index (χ1v) is 9.39. The average Bonchev–Trinajstić information content (AvgIpc) is 2.44. The third kappa shape index (κ3) is 3.21. The monoisotopic (exact) mass is 342 g/mol. The Kier molecular flexibility index (Phi) is 4.47. The number of carbonyl (C=O) groups is 1. The molecule has 2 aliphatic rings. The van der Waals surface area contributed by atoms with Gasteiger partial charge in [-0.3, -0.25) is 4.79 Å². The summed E-state index contributed by atoms with van der Waals surface area (Å²) >= 11 is 0. The van der Waals surface area contributed by atoms with E-state index < -0.39 is 0 Å². The zero-order chi connectivity index (χ0) is 18.4. The third-order valence-electron chi connectivity index (χ3n) is 6.64. The molecule has 0 saturated heterocycles. The highest BCUT2D eigenvalue weighted by Gasteiger charge is 2.51. The molecule has 0 aliphatic heterocycles. The highest BCUT2D eigenvalue weighted by molar-refractivity contribution is 5.99. The molecular weight excluding hydrogens is 312 g/mol. The van der Waals surface area contributed by atoms with Gasteiger partial charge in [0.25, 0.3) is 0 Å². The summed E-state index contributed by atoms with van der Waals surface area (Å²) in [5, 5.41) is 19.4. The van der Waals surface area contributed by atoms with Crippen molar-refractivity contribution >= 4 is 5.78 Å². The fraction of sp³-hybridized carbons (Fsp3) is 0.591. The number of hydrogen-bond acceptors (Lipinski definition) is 3. The fourth-order valence-corrected chi connectivity index (χ4v) is 5.69. The van der Waals surface area contributed by atoms with Crippen LogP contribution in [0.25, 0.3) is 0 Å². The van der Waals surface area contributed by atoms with Gasteiger partial charge in [-0.05, 0) is 67.1 Å². The van der Waals surface area contributed by atoms with Gasteiger partial charge < -0.3 is 10.2 Å². The molecule has 1 saturated carbocycles. The number of rotatable bonds is 3. The lowest BCUT2D eigenvalue weighted by Gasteiger charge is -2.54. The van der Waals surface area contributed by atoms with Crippen LogP contribution in [0.3, 0.4) is 0 Å². The molecule has 1 aromatic carbocycles. The van der Waals surface area contributed by atoms with Gasteiger partial charge in [0.15, 0.2) is 5.78 Å². The first-order valence-electron chi connectivity index (χ1n) is 9.39. The van der Waals surface area contributed by atoms with Crippen molar-refractivity contribution in [3.63, 3.8) is 0 Å². The summed E-state index contributed by atoms with van der Waals surface area (Å²) in [4.78, 5) is 13.3. The zero-order valence-corrected chi connectivity index (χ0v) is 15.9. The molecule has 0 bridgehead atoms. The number of fused-ring (bicyclic) bond motifs is 1. The standard InChI is InChI=1S/C22H30O3/c1-14-6-7-19-21(2,3)8-5-9-22(19,4)20(14)18(25)12-15-10-16(23)13-17(24)11-15/h10-11,13,19,23-24H,5-9,12H2,1-4H3/t19-,22-/m0/s1. The van der Waals surface area contributed by atoms with Gasteiger partial charge in [0.05, 0.1) is 0 Å². The lowest BCUT2D eigenvalue weighted by Crippen LogP contribution is -2.47. The minimum Gasteiger partial charge on any atom is -0.508 e. The zero-order valence-electron chi connectivity index (χ0n) is 15.9. The van der Waals surface area contributed by atoms with Crippen LogP contribution in [0.1, 0.15) is 65.4 Å². The van der Waals surface area contributed by atoms with E-state index in [1.54, 1.807) is 12.1 Å². The number of allylic oxidation sites excluding steroid dienone is 2. The van der Waals surface area contributed by atoms with Crippen molar-refractivity contribution in [2.75, 3.05) is 0 Å². The molecule has 25 heavy (non-hydrogen) atoms. The normalized spacial score (nSPS) is 28.6. The van der Waals surface area contributed by atoms with Crippen LogP contribution in [0.2, 0.25) is 0 Å². The first kappa shape index (κ1) is 18.0. The molecule has 0 radical (unpaired) electrons. The largest absolute Gasteiger partial charge is 0.508 e. The minimum absolute atomic E-state index is 0.0000312. The topological polar surface area (TPSA) is 57.5 Å². The van der Waals surface area contributed by atoms with E-state index in [1.807, 2.05) is 0 Å². The summed E-state index contributed by atoms with van der Waals surface area (Å²) in [6.45, 7) is 9.10. The van der Waals surface area contributed by atoms with Crippen LogP contribution in [0.5, 0.6) is 11.5 Å². The lowest BCUT2D eigenvalue weighted by atomic mass is 9.49. The number of benzene rings is 1. The van der Waals surface area contributed by atoms with Gasteiger partial charge in [-0.2, -0.15) is 0 Å². The van der Waals surface area contributed by atoms with Gasteiger partial charge in [0.1, 0.15) is 11.5 Å². The Bertz CT molecular complexity index is 709. The summed E-state index contributed by atoms with van der Waals surface area (Å²) in [6.07, 6.45) is 5.86. The van der Waals surface area contributed by atoms with Crippen molar-refractivity contribution in [1.29, 1.82) is 0 Å². The van der Waals surface area contributed by atoms with E-state index in [1.165, 1.54) is 24.5 Å². The molecule has 0 aromatic heterocycles. The van der Waals surface area contributed by atoms with E-state index in [9.17, 15) is 15.0 Å². The highest BCUT2D eigenvalue weighted by atomic mass is 16.3. The summed E-state index contributed by atoms with van der Waals surface area (Å²) in [5.41, 5.74) is 3.12. The van der Waals surface area contributed by atoms with E-state index in [0.29, 0.717) is 11.5 Å². The number of ketones is 1. The number of carbonyl (C=O) groups excluding carboxylic acids is 1. The summed E-state index contributed by atoms with van der Waals surface area (Å²) in [6, 6.07) is 4.43. The SMILES string of the molecule is CC1=C(C(=O)Cc2cc(O)cc(O)c2)[C@@]2(C)CCCC(C)(C)[C@@H]2CC1. The van der Waals surface area contributed by atoms with Crippen LogP contribution < -0.4 is 0 Å². The Morgan fingerprint density at radius 2 is 1.76 bits per heavy atom. The van der Waals surface area contributed by atoms with Crippen LogP contribution in [-0.2, 0) is 11.2 Å². The van der Waals surface area contributed by atoms with E-state index in [-0.39, 0.29) is 34.5 Å². The van der Waals surface area contributed by atoms with Crippen LogP contribution in [0.15, 0.2) is 29.3 Å². The molecule has 2 aliphatic carbocycles. The number of phenolic OH excluding ortho intramolecular Hbond substituents is 2. The number of phenols is 2. The van der Waals surface area contributed by atoms with Crippen molar-refractivity contribution in [2.45, 2.75) is 66.2 Å². The van der Waals surface area contributed by atoms with E-state index in [0.717, 1.165) is 24.8 Å². The molecule has 0 spiro atoms. The molecular formula is C22H30O3. The smallest absolute Gasteiger partial charge is 0.163 e. The molecule has 3 rings (SSSR count). The van der Waals surface area contributed by atoms with Crippen LogP contribution >= 0.6 is 0 Å². The number of aromatic hydroxyl groups is 2. The molecule has 3 nitrogen and oxygen atoms in total. The van der Waals surface area contributed by atoms with E-state index >= 15 is 0 Å². The number of hydrogen-bond donors (Lipinski definition) is 2. The van der Waals surface area contributed by atoms with Gasteiger partial charge in [0.2, 0.25) is 0 Å². The van der Waals surface area contributed by atoms with E-state index in [4.69, 9.17) is 0 Å². The van der Waals surface area contributed by atoms with Crippen molar-refractivity contribution in [2.24, 2.45) is 16.7 Å². The maximum Gasteiger partial charge on any atom is 0.163 e. The average molecular weight is 342 g/mol. The fourth-order valence-electron chi connectivity index (χ4n) is 5.69. The molecule has 0 heterocycles. The molecule has 1 aromatic rings. The van der Waals surface area contributed by atoms with Gasteiger partial charge >= 0.3 is 0 Å². The minimum atomic E-state index is -0.0555. The molecule has 0 unspecified atom stereocenters. The van der Waals surface area contributed by atoms with Crippen molar-refractivity contribution in [3.8, 4) is 11.5 Å². The van der Waals surface area contributed by atoms with Gasteiger partial charge in [-0.15, -0.1) is 0 Å². The maximum absolute atomic E-state index is 13.3. The third-order valence-corrected chi connectivity index (χ3v) is 6.64. The molecule has 3 heteroatoms. The summed E-state index contributed by atoms with van der Waals surface area (Å²) < 4.78 is 0. The predicted octanol–water partition coefficient (Wildman–Crippen LogP) is 5.15. The second-order valence-electron chi connectivity index (χ2n) is 8.96. The predicted molar refractivity (Wildman–Crippen MR) is 99.6 cm³/mol. The second kappa shape index (κ2) is 6.19.